The Balaban J connectivity index is 0.00000172. The molecule has 3 aromatic heterocycles. The summed E-state index contributed by atoms with van der Waals surface area (Å²) in [5.74, 6) is -1.32. The van der Waals surface area contributed by atoms with Crippen molar-refractivity contribution in [2.75, 3.05) is 5.32 Å². The first-order chi connectivity index (χ1) is 18.9. The van der Waals surface area contributed by atoms with Gasteiger partial charge in [0.25, 0.3) is 5.91 Å². The van der Waals surface area contributed by atoms with Crippen LogP contribution in [0.1, 0.15) is 86.6 Å². The predicted octanol–water partition coefficient (Wildman–Crippen LogP) is 7.19. The number of nitrogens with one attached hydrogen (secondary N) is 2. The Morgan fingerprint density at radius 2 is 1.82 bits per heavy atom. The van der Waals surface area contributed by atoms with Crippen LogP contribution in [0.15, 0.2) is 54.7 Å². The minimum Gasteiger partial charge on any atom is -0.367 e. The maximum Gasteiger partial charge on any atom is 0.254 e. The van der Waals surface area contributed by atoms with Crippen LogP contribution in [0.4, 0.5) is 14.6 Å². The number of anilines is 1. The van der Waals surface area contributed by atoms with Crippen LogP contribution in [0.5, 0.6) is 0 Å². The Morgan fingerprint density at radius 3 is 2.49 bits per heavy atom. The van der Waals surface area contributed by atoms with Gasteiger partial charge in [-0.2, -0.15) is 0 Å². The topological polar surface area (TPSA) is 71.8 Å². The number of halogens is 2. The smallest absolute Gasteiger partial charge is 0.254 e. The lowest BCUT2D eigenvalue weighted by Crippen LogP contribution is -2.24. The highest BCUT2D eigenvalue weighted by Crippen LogP contribution is 2.33. The molecule has 5 rings (SSSR count). The number of rotatable bonds is 8. The second-order valence-corrected chi connectivity index (χ2v) is 9.95. The zero-order valence-corrected chi connectivity index (χ0v) is 23.1. The molecular weight excluding hydrogens is 496 g/mol. The highest BCUT2D eigenvalue weighted by Gasteiger charge is 2.26. The van der Waals surface area contributed by atoms with Crippen molar-refractivity contribution in [3.8, 4) is 0 Å². The number of amides is 1. The number of nitrogens with zero attached hydrogens (tertiary/aromatic N) is 3. The summed E-state index contributed by atoms with van der Waals surface area (Å²) in [5, 5.41) is 7.21. The molecule has 0 bridgehead atoms. The second-order valence-electron chi connectivity index (χ2n) is 9.95. The molecule has 0 saturated heterocycles. The number of hydrogen-bond donors (Lipinski definition) is 2. The standard InChI is InChI=1S/C29H31F2N5O.C2H6/c1-18(2)27-26(29(37)33-16-19-10-12-23(30)24(31)15-19)22-11-13-25(34-20-7-3-4-8-20)35-28(22)36(27)17-21-9-5-6-14-32-21;1-2/h5-6,9-15,18,20H,3-4,7-8,16-17H2,1-2H3,(H,33,37)(H,34,35);1-2H3. The summed E-state index contributed by atoms with van der Waals surface area (Å²) < 4.78 is 29.1. The third-order valence-corrected chi connectivity index (χ3v) is 6.91. The number of hydrogen-bond acceptors (Lipinski definition) is 4. The van der Waals surface area contributed by atoms with Gasteiger partial charge in [0, 0.05) is 29.9 Å². The number of pyridine rings is 2. The lowest BCUT2D eigenvalue weighted by molar-refractivity contribution is 0.0951. The summed E-state index contributed by atoms with van der Waals surface area (Å²) in [6.07, 6.45) is 6.45. The normalized spacial score (nSPS) is 13.4. The van der Waals surface area contributed by atoms with Crippen molar-refractivity contribution >= 4 is 22.8 Å². The van der Waals surface area contributed by atoms with Gasteiger partial charge in [0.05, 0.1) is 17.8 Å². The molecule has 1 aliphatic rings. The Bertz CT molecular complexity index is 1410. The van der Waals surface area contributed by atoms with E-state index in [2.05, 4.69) is 20.2 Å². The van der Waals surface area contributed by atoms with Crippen LogP contribution < -0.4 is 10.6 Å². The minimum absolute atomic E-state index is 0.0215. The van der Waals surface area contributed by atoms with E-state index in [0.29, 0.717) is 23.7 Å². The molecule has 206 valence electrons. The van der Waals surface area contributed by atoms with Gasteiger partial charge in [-0.05, 0) is 60.7 Å². The Hall–Kier alpha value is -3.81. The molecule has 0 atom stereocenters. The average molecular weight is 534 g/mol. The maximum atomic E-state index is 13.7. The van der Waals surface area contributed by atoms with Crippen molar-refractivity contribution in [1.29, 1.82) is 0 Å². The molecule has 0 radical (unpaired) electrons. The van der Waals surface area contributed by atoms with Crippen molar-refractivity contribution in [2.24, 2.45) is 0 Å². The molecule has 1 saturated carbocycles. The molecule has 0 aliphatic heterocycles. The summed E-state index contributed by atoms with van der Waals surface area (Å²) in [6, 6.07) is 13.7. The van der Waals surface area contributed by atoms with Gasteiger partial charge in [0.2, 0.25) is 0 Å². The van der Waals surface area contributed by atoms with Crippen molar-refractivity contribution in [1.82, 2.24) is 19.9 Å². The number of carbonyl (C=O) groups excluding carboxylic acids is 1. The van der Waals surface area contributed by atoms with E-state index >= 15 is 0 Å². The van der Waals surface area contributed by atoms with E-state index in [1.165, 1.54) is 18.9 Å². The van der Waals surface area contributed by atoms with Gasteiger partial charge in [-0.25, -0.2) is 13.8 Å². The fraction of sp³-hybridized carbons (Fsp3) is 0.387. The molecule has 6 nitrogen and oxygen atoms in total. The molecule has 1 fully saturated rings. The van der Waals surface area contributed by atoms with Crippen molar-refractivity contribution < 1.29 is 13.6 Å². The zero-order chi connectivity index (χ0) is 27.9. The summed E-state index contributed by atoms with van der Waals surface area (Å²) in [7, 11) is 0. The van der Waals surface area contributed by atoms with Crippen LogP contribution in [-0.2, 0) is 13.1 Å². The quantitative estimate of drug-likeness (QED) is 0.251. The third-order valence-electron chi connectivity index (χ3n) is 6.91. The number of benzene rings is 1. The zero-order valence-electron chi connectivity index (χ0n) is 23.1. The van der Waals surface area contributed by atoms with Crippen LogP contribution >= 0.6 is 0 Å². The van der Waals surface area contributed by atoms with E-state index in [0.717, 1.165) is 53.2 Å². The minimum atomic E-state index is -0.937. The first-order valence-electron chi connectivity index (χ1n) is 13.8. The first kappa shape index (κ1) is 28.2. The monoisotopic (exact) mass is 533 g/mol. The molecule has 0 spiro atoms. The van der Waals surface area contributed by atoms with Gasteiger partial charge >= 0.3 is 0 Å². The van der Waals surface area contributed by atoms with Crippen molar-refractivity contribution in [3.05, 3.63) is 88.9 Å². The van der Waals surface area contributed by atoms with E-state index in [9.17, 15) is 13.6 Å². The van der Waals surface area contributed by atoms with Gasteiger partial charge in [0.1, 0.15) is 11.5 Å². The molecular formula is C31H37F2N5O. The fourth-order valence-electron chi connectivity index (χ4n) is 5.17. The van der Waals surface area contributed by atoms with E-state index in [-0.39, 0.29) is 18.4 Å². The van der Waals surface area contributed by atoms with E-state index in [4.69, 9.17) is 4.98 Å². The second kappa shape index (κ2) is 12.8. The fourth-order valence-corrected chi connectivity index (χ4v) is 5.17. The van der Waals surface area contributed by atoms with Crippen molar-refractivity contribution in [3.63, 3.8) is 0 Å². The van der Waals surface area contributed by atoms with E-state index in [1.54, 1.807) is 6.20 Å². The highest BCUT2D eigenvalue weighted by molar-refractivity contribution is 6.08. The van der Waals surface area contributed by atoms with Crippen LogP contribution in [0.3, 0.4) is 0 Å². The average Bonchev–Trinajstić information content (AvgIpc) is 3.57. The summed E-state index contributed by atoms with van der Waals surface area (Å²) in [6.45, 7) is 8.65. The highest BCUT2D eigenvalue weighted by atomic mass is 19.2. The molecule has 2 N–H and O–H groups in total. The van der Waals surface area contributed by atoms with Gasteiger partial charge in [-0.1, -0.05) is 52.7 Å². The summed E-state index contributed by atoms with van der Waals surface area (Å²) >= 11 is 0. The molecule has 1 amide bonds. The van der Waals surface area contributed by atoms with Gasteiger partial charge < -0.3 is 15.2 Å². The molecule has 39 heavy (non-hydrogen) atoms. The predicted molar refractivity (Wildman–Crippen MR) is 152 cm³/mol. The van der Waals surface area contributed by atoms with Gasteiger partial charge in [0.15, 0.2) is 11.6 Å². The molecule has 1 aromatic carbocycles. The largest absolute Gasteiger partial charge is 0.367 e. The summed E-state index contributed by atoms with van der Waals surface area (Å²) in [5.41, 5.74) is 3.47. The summed E-state index contributed by atoms with van der Waals surface area (Å²) in [4.78, 5) is 23.1. The van der Waals surface area contributed by atoms with Gasteiger partial charge in [-0.15, -0.1) is 0 Å². The lowest BCUT2D eigenvalue weighted by Gasteiger charge is -2.15. The lowest BCUT2D eigenvalue weighted by atomic mass is 10.0. The molecule has 3 heterocycles. The number of aromatic nitrogens is 3. The van der Waals surface area contributed by atoms with Crippen LogP contribution in [0, 0.1) is 11.6 Å². The molecule has 0 unspecified atom stereocenters. The van der Waals surface area contributed by atoms with Crippen LogP contribution in [0.2, 0.25) is 0 Å². The number of carbonyl (C=O) groups is 1. The first-order valence-corrected chi connectivity index (χ1v) is 13.8. The molecule has 1 aliphatic carbocycles. The van der Waals surface area contributed by atoms with E-state index in [1.807, 2.05) is 58.0 Å². The Morgan fingerprint density at radius 1 is 1.05 bits per heavy atom. The third kappa shape index (κ3) is 6.44. The van der Waals surface area contributed by atoms with Crippen LogP contribution in [-0.4, -0.2) is 26.5 Å². The van der Waals surface area contributed by atoms with Crippen LogP contribution in [0.25, 0.3) is 11.0 Å². The maximum absolute atomic E-state index is 13.7. The Labute approximate surface area is 228 Å². The SMILES string of the molecule is CC.CC(C)c1c(C(=O)NCc2ccc(F)c(F)c2)c2ccc(NC3CCCC3)nc2n1Cc1ccccn1. The van der Waals surface area contributed by atoms with Crippen molar-refractivity contribution in [2.45, 2.75) is 78.4 Å². The molecule has 8 heteroatoms. The number of fused-ring (bicyclic) bond motifs is 1. The molecule has 4 aromatic rings. The van der Waals surface area contributed by atoms with Gasteiger partial charge in [-0.3, -0.25) is 9.78 Å². The Kier molecular flexibility index (Phi) is 9.28. The van der Waals surface area contributed by atoms with E-state index < -0.39 is 11.6 Å².